The number of rotatable bonds is 6. The van der Waals surface area contributed by atoms with E-state index in [0.29, 0.717) is 35.9 Å². The molecule has 0 bridgehead atoms. The molecular formula is C24H27FN4O2. The number of carbonyl (C=O) groups excluding carboxylic acids is 1. The molecule has 7 heteroatoms. The van der Waals surface area contributed by atoms with E-state index in [0.717, 1.165) is 38.0 Å². The number of aryl methyl sites for hydroxylation is 3. The van der Waals surface area contributed by atoms with Gasteiger partial charge in [0.25, 0.3) is 5.91 Å². The average molecular weight is 423 g/mol. The Labute approximate surface area is 181 Å². The van der Waals surface area contributed by atoms with Crippen LogP contribution in [0.2, 0.25) is 0 Å². The Balaban J connectivity index is 1.22. The highest BCUT2D eigenvalue weighted by atomic mass is 19.1. The fraction of sp³-hybridized carbons (Fsp3) is 0.375. The van der Waals surface area contributed by atoms with Crippen LogP contribution in [0.15, 0.2) is 47.0 Å². The third kappa shape index (κ3) is 5.17. The number of amides is 1. The van der Waals surface area contributed by atoms with Gasteiger partial charge in [0.15, 0.2) is 0 Å². The predicted molar refractivity (Wildman–Crippen MR) is 116 cm³/mol. The van der Waals surface area contributed by atoms with Crippen molar-refractivity contribution in [3.05, 3.63) is 70.9 Å². The zero-order chi connectivity index (χ0) is 21.8. The Kier molecular flexibility index (Phi) is 6.42. The summed E-state index contributed by atoms with van der Waals surface area (Å²) in [5, 5.41) is 4.08. The maximum atomic E-state index is 13.8. The smallest absolute Gasteiger partial charge is 0.254 e. The second-order valence-electron chi connectivity index (χ2n) is 8.08. The summed E-state index contributed by atoms with van der Waals surface area (Å²) in [6.45, 7) is 7.54. The molecule has 1 aliphatic rings. The number of piperazine rings is 1. The third-order valence-corrected chi connectivity index (χ3v) is 5.72. The molecule has 0 atom stereocenters. The van der Waals surface area contributed by atoms with Gasteiger partial charge in [0.1, 0.15) is 5.82 Å². The summed E-state index contributed by atoms with van der Waals surface area (Å²) in [7, 11) is 0. The van der Waals surface area contributed by atoms with E-state index in [1.54, 1.807) is 24.0 Å². The van der Waals surface area contributed by atoms with E-state index in [1.165, 1.54) is 11.6 Å². The molecule has 3 aromatic rings. The Morgan fingerprint density at radius 3 is 2.52 bits per heavy atom. The van der Waals surface area contributed by atoms with E-state index < -0.39 is 0 Å². The van der Waals surface area contributed by atoms with Gasteiger partial charge in [-0.25, -0.2) is 4.39 Å². The highest BCUT2D eigenvalue weighted by molar-refractivity contribution is 5.94. The molecule has 1 amide bonds. The van der Waals surface area contributed by atoms with Crippen molar-refractivity contribution in [2.75, 3.05) is 32.7 Å². The number of halogens is 1. The molecule has 6 nitrogen and oxygen atoms in total. The molecule has 0 unspecified atom stereocenters. The van der Waals surface area contributed by atoms with E-state index in [1.807, 2.05) is 31.2 Å². The first kappa shape index (κ1) is 21.2. The lowest BCUT2D eigenvalue weighted by atomic mass is 10.1. The Hall–Kier alpha value is -3.06. The van der Waals surface area contributed by atoms with Crippen molar-refractivity contribution in [3.8, 4) is 11.4 Å². The molecule has 0 aliphatic carbocycles. The number of hydrogen-bond donors (Lipinski definition) is 0. The van der Waals surface area contributed by atoms with Gasteiger partial charge >= 0.3 is 0 Å². The zero-order valence-electron chi connectivity index (χ0n) is 18.0. The monoisotopic (exact) mass is 422 g/mol. The summed E-state index contributed by atoms with van der Waals surface area (Å²) >= 11 is 0. The summed E-state index contributed by atoms with van der Waals surface area (Å²) < 4.78 is 19.2. The van der Waals surface area contributed by atoms with Crippen molar-refractivity contribution in [2.45, 2.75) is 26.7 Å². The number of carbonyl (C=O) groups is 1. The lowest BCUT2D eigenvalue weighted by Crippen LogP contribution is -2.48. The predicted octanol–water partition coefficient (Wildman–Crippen LogP) is 3.88. The van der Waals surface area contributed by atoms with Gasteiger partial charge in [0.05, 0.1) is 0 Å². The van der Waals surface area contributed by atoms with Gasteiger partial charge in [-0.1, -0.05) is 41.1 Å². The molecule has 1 aliphatic heterocycles. The summed E-state index contributed by atoms with van der Waals surface area (Å²) in [6.07, 6.45) is 1.63. The molecule has 1 fully saturated rings. The van der Waals surface area contributed by atoms with Crippen molar-refractivity contribution in [2.24, 2.45) is 0 Å². The van der Waals surface area contributed by atoms with Crippen LogP contribution in [0.5, 0.6) is 0 Å². The second kappa shape index (κ2) is 9.39. The summed E-state index contributed by atoms with van der Waals surface area (Å²) in [5.41, 5.74) is 3.11. The van der Waals surface area contributed by atoms with Gasteiger partial charge in [-0.05, 0) is 44.5 Å². The normalized spacial score (nSPS) is 14.7. The number of nitrogens with zero attached hydrogens (tertiary/aromatic N) is 4. The zero-order valence-corrected chi connectivity index (χ0v) is 18.0. The lowest BCUT2D eigenvalue weighted by Gasteiger charge is -2.34. The van der Waals surface area contributed by atoms with Gasteiger partial charge in [-0.2, -0.15) is 4.98 Å². The summed E-state index contributed by atoms with van der Waals surface area (Å²) in [6, 6.07) is 12.7. The van der Waals surface area contributed by atoms with Gasteiger partial charge in [-0.3, -0.25) is 9.69 Å². The Bertz CT molecular complexity index is 1040. The molecule has 162 valence electrons. The summed E-state index contributed by atoms with van der Waals surface area (Å²) in [4.78, 5) is 21.2. The Morgan fingerprint density at radius 2 is 1.81 bits per heavy atom. The first-order valence-corrected chi connectivity index (χ1v) is 10.7. The minimum Gasteiger partial charge on any atom is -0.339 e. The third-order valence-electron chi connectivity index (χ3n) is 5.72. The highest BCUT2D eigenvalue weighted by Gasteiger charge is 2.22. The van der Waals surface area contributed by atoms with Crippen LogP contribution < -0.4 is 0 Å². The van der Waals surface area contributed by atoms with Crippen molar-refractivity contribution in [1.29, 1.82) is 0 Å². The Morgan fingerprint density at radius 1 is 1.06 bits per heavy atom. The molecule has 0 radical (unpaired) electrons. The van der Waals surface area contributed by atoms with Crippen molar-refractivity contribution >= 4 is 5.91 Å². The minimum atomic E-state index is -0.337. The SMILES string of the molecule is Cc1ccc(-c2noc(CCCN3CCN(C(=O)c4ccc(C)c(F)c4)CC3)n2)cc1. The molecule has 0 spiro atoms. The maximum Gasteiger partial charge on any atom is 0.254 e. The van der Waals surface area contributed by atoms with Gasteiger partial charge in [-0.15, -0.1) is 0 Å². The van der Waals surface area contributed by atoms with Crippen LogP contribution >= 0.6 is 0 Å². The molecule has 1 aromatic heterocycles. The maximum absolute atomic E-state index is 13.8. The van der Waals surface area contributed by atoms with Gasteiger partial charge in [0, 0.05) is 43.7 Å². The molecule has 4 rings (SSSR count). The van der Waals surface area contributed by atoms with E-state index in [4.69, 9.17) is 4.52 Å². The van der Waals surface area contributed by atoms with Gasteiger partial charge in [0.2, 0.25) is 11.7 Å². The molecule has 1 saturated heterocycles. The first-order valence-electron chi connectivity index (χ1n) is 10.7. The van der Waals surface area contributed by atoms with Crippen LogP contribution in [0.3, 0.4) is 0 Å². The summed E-state index contributed by atoms with van der Waals surface area (Å²) in [5.74, 6) is 0.824. The van der Waals surface area contributed by atoms with Crippen molar-refractivity contribution in [3.63, 3.8) is 0 Å². The molecule has 2 heterocycles. The van der Waals surface area contributed by atoms with Crippen LogP contribution in [-0.4, -0.2) is 58.6 Å². The van der Waals surface area contributed by atoms with E-state index in [9.17, 15) is 9.18 Å². The number of benzene rings is 2. The van der Waals surface area contributed by atoms with Crippen molar-refractivity contribution < 1.29 is 13.7 Å². The molecule has 0 saturated carbocycles. The molecular weight excluding hydrogens is 395 g/mol. The fourth-order valence-electron chi connectivity index (χ4n) is 3.71. The minimum absolute atomic E-state index is 0.104. The lowest BCUT2D eigenvalue weighted by molar-refractivity contribution is 0.0635. The molecule has 2 aromatic carbocycles. The fourth-order valence-corrected chi connectivity index (χ4v) is 3.71. The van der Waals surface area contributed by atoms with E-state index in [2.05, 4.69) is 15.0 Å². The largest absolute Gasteiger partial charge is 0.339 e. The van der Waals surface area contributed by atoms with Crippen LogP contribution in [0.1, 0.15) is 33.8 Å². The molecule has 0 N–H and O–H groups in total. The van der Waals surface area contributed by atoms with Crippen LogP contribution in [0.4, 0.5) is 4.39 Å². The standard InChI is InChI=1S/C24H27FN4O2/c1-17-5-8-19(9-6-17)23-26-22(31-27-23)4-3-11-28-12-14-29(15-13-28)24(30)20-10-7-18(2)21(25)16-20/h5-10,16H,3-4,11-15H2,1-2H3. The van der Waals surface area contributed by atoms with Crippen LogP contribution in [0, 0.1) is 19.7 Å². The van der Waals surface area contributed by atoms with Crippen LogP contribution in [-0.2, 0) is 6.42 Å². The van der Waals surface area contributed by atoms with Crippen LogP contribution in [0.25, 0.3) is 11.4 Å². The average Bonchev–Trinajstić information content (AvgIpc) is 3.25. The van der Waals surface area contributed by atoms with Gasteiger partial charge < -0.3 is 9.42 Å². The topological polar surface area (TPSA) is 62.5 Å². The quantitative estimate of drug-likeness (QED) is 0.603. The first-order chi connectivity index (χ1) is 15.0. The number of aromatic nitrogens is 2. The van der Waals surface area contributed by atoms with Crippen molar-refractivity contribution in [1.82, 2.24) is 19.9 Å². The van der Waals surface area contributed by atoms with E-state index >= 15 is 0 Å². The van der Waals surface area contributed by atoms with E-state index in [-0.39, 0.29) is 11.7 Å². The molecule has 31 heavy (non-hydrogen) atoms. The second-order valence-corrected chi connectivity index (χ2v) is 8.08. The number of hydrogen-bond acceptors (Lipinski definition) is 5. The highest BCUT2D eigenvalue weighted by Crippen LogP contribution is 2.17.